The number of hydrogen-bond donors (Lipinski definition) is 2. The van der Waals surface area contributed by atoms with Gasteiger partial charge in [-0.05, 0) is 11.8 Å². The van der Waals surface area contributed by atoms with Crippen molar-refractivity contribution in [3.05, 3.63) is 0 Å². The molecule has 0 saturated heterocycles. The summed E-state index contributed by atoms with van der Waals surface area (Å²) in [4.78, 5) is 1.63. The van der Waals surface area contributed by atoms with Crippen LogP contribution in [0.15, 0.2) is 0 Å². The van der Waals surface area contributed by atoms with Gasteiger partial charge in [-0.1, -0.05) is 0 Å². The number of thioether (sulfide) groups is 1. The first-order valence-electron chi connectivity index (χ1n) is 3.23. The van der Waals surface area contributed by atoms with Crippen LogP contribution < -0.4 is 34.7 Å². The normalized spacial score (nSPS) is 13.6. The molecule has 0 unspecified atom stereocenters. The summed E-state index contributed by atoms with van der Waals surface area (Å²) in [5.74, 6) is -1.32. The minimum Gasteiger partial charge on any atom is -1.00 e. The van der Waals surface area contributed by atoms with Crippen LogP contribution in [0, 0.1) is 0 Å². The maximum absolute atomic E-state index is 11.6. The molecule has 0 aliphatic rings. The fraction of sp³-hybridized carbons (Fsp3) is 0.800. The molecular formula is C5H7F6IN2S. The van der Waals surface area contributed by atoms with Crippen molar-refractivity contribution < 1.29 is 55.3 Å². The molecule has 0 spiro atoms. The lowest BCUT2D eigenvalue weighted by Gasteiger charge is -2.03. The molecule has 0 fully saturated rings. The second-order valence-corrected chi connectivity index (χ2v) is 3.25. The highest BCUT2D eigenvalue weighted by molar-refractivity contribution is 8.13. The van der Waals surface area contributed by atoms with Gasteiger partial charge >= 0.3 is 17.5 Å². The number of halogens is 7. The van der Waals surface area contributed by atoms with Crippen molar-refractivity contribution in [3.8, 4) is 0 Å². The van der Waals surface area contributed by atoms with Crippen molar-refractivity contribution in [1.82, 2.24) is 0 Å². The Labute approximate surface area is 103 Å². The van der Waals surface area contributed by atoms with Gasteiger partial charge in [0.25, 0.3) is 0 Å². The largest absolute Gasteiger partial charge is 1.00 e. The Hall–Kier alpha value is 0.130. The topological polar surface area (TPSA) is 40.0 Å². The van der Waals surface area contributed by atoms with Crippen LogP contribution in [0.4, 0.5) is 26.3 Å². The van der Waals surface area contributed by atoms with E-state index in [0.29, 0.717) is 0 Å². The Morgan fingerprint density at radius 3 is 1.87 bits per heavy atom. The molecule has 0 aromatic heterocycles. The number of nitrogens with one attached hydrogen (secondary N) is 1. The number of hydrogen-bond acceptors (Lipinski definition) is 1. The molecular weight excluding hydrogens is 361 g/mol. The summed E-state index contributed by atoms with van der Waals surface area (Å²) in [6.45, 7) is -1.44. The van der Waals surface area contributed by atoms with Gasteiger partial charge in [0.1, 0.15) is 5.75 Å². The minimum atomic E-state index is -4.50. The van der Waals surface area contributed by atoms with E-state index in [1.165, 1.54) is 0 Å². The average Bonchev–Trinajstić information content (AvgIpc) is 1.94. The van der Waals surface area contributed by atoms with Crippen molar-refractivity contribution in [2.75, 3.05) is 12.3 Å². The zero-order valence-electron chi connectivity index (χ0n) is 7.05. The van der Waals surface area contributed by atoms with Crippen LogP contribution >= 0.6 is 11.8 Å². The molecule has 0 aromatic carbocycles. The van der Waals surface area contributed by atoms with Crippen LogP contribution in [-0.4, -0.2) is 29.8 Å². The van der Waals surface area contributed by atoms with Gasteiger partial charge in [0.05, 0.1) is 0 Å². The van der Waals surface area contributed by atoms with Crippen LogP contribution in [0.1, 0.15) is 0 Å². The molecule has 0 heterocycles. The predicted molar refractivity (Wildman–Crippen MR) is 39.6 cm³/mol. The van der Waals surface area contributed by atoms with Gasteiger partial charge < -0.3 is 24.0 Å². The number of amidine groups is 1. The van der Waals surface area contributed by atoms with Gasteiger partial charge in [-0.2, -0.15) is 26.3 Å². The molecule has 10 heteroatoms. The third kappa shape index (κ3) is 14.1. The average molecular weight is 368 g/mol. The molecule has 0 atom stereocenters. The maximum atomic E-state index is 11.6. The Kier molecular flexibility index (Phi) is 7.78. The summed E-state index contributed by atoms with van der Waals surface area (Å²) in [5.41, 5.74) is 4.86. The summed E-state index contributed by atoms with van der Waals surface area (Å²) in [7, 11) is 0. The van der Waals surface area contributed by atoms with Gasteiger partial charge in [-0.3, -0.25) is 10.7 Å². The fourth-order valence-corrected chi connectivity index (χ4v) is 0.891. The van der Waals surface area contributed by atoms with E-state index in [4.69, 9.17) is 5.73 Å². The Morgan fingerprint density at radius 2 is 1.53 bits per heavy atom. The van der Waals surface area contributed by atoms with E-state index in [-0.39, 0.29) is 35.7 Å². The monoisotopic (exact) mass is 368 g/mol. The molecule has 0 rings (SSSR count). The lowest BCUT2D eigenvalue weighted by atomic mass is 10.7. The highest BCUT2D eigenvalue weighted by Crippen LogP contribution is 2.19. The van der Waals surface area contributed by atoms with Crippen LogP contribution in [0.5, 0.6) is 0 Å². The first-order chi connectivity index (χ1) is 6.10. The molecule has 92 valence electrons. The van der Waals surface area contributed by atoms with E-state index >= 15 is 0 Å². The van der Waals surface area contributed by atoms with Crippen LogP contribution in [0.25, 0.3) is 0 Å². The van der Waals surface area contributed by atoms with Gasteiger partial charge in [0, 0.05) is 0 Å². The zero-order chi connectivity index (χ0) is 11.4. The Balaban J connectivity index is 0. The molecule has 0 radical (unpaired) electrons. The van der Waals surface area contributed by atoms with Crippen molar-refractivity contribution in [2.24, 2.45) is 5.73 Å². The second kappa shape index (κ2) is 6.66. The quantitative estimate of drug-likeness (QED) is 0.240. The molecule has 0 amide bonds. The lowest BCUT2D eigenvalue weighted by molar-refractivity contribution is -0.497. The lowest BCUT2D eigenvalue weighted by Crippen LogP contribution is -3.00. The molecule has 0 bridgehead atoms. The van der Waals surface area contributed by atoms with Gasteiger partial charge in [0.15, 0.2) is 6.54 Å². The van der Waals surface area contributed by atoms with Crippen molar-refractivity contribution in [1.29, 1.82) is 0 Å². The molecule has 0 aromatic rings. The highest BCUT2D eigenvalue weighted by atomic mass is 127. The third-order valence-corrected chi connectivity index (χ3v) is 1.78. The predicted octanol–water partition coefficient (Wildman–Crippen LogP) is -2.76. The number of rotatable bonds is 2. The van der Waals surface area contributed by atoms with E-state index in [1.807, 2.05) is 0 Å². The summed E-state index contributed by atoms with van der Waals surface area (Å²) in [5, 5.41) is -0.598. The number of nitrogens with two attached hydrogens (primary N) is 1. The van der Waals surface area contributed by atoms with Gasteiger partial charge in [0.2, 0.25) is 0 Å². The standard InChI is InChI=1S/C5H6F6N2S.HI/c6-4(7,8)1-13-3(12)14-2-5(9,10)11;/h1-2H2,(H2,12,13);1H. The molecule has 0 saturated carbocycles. The molecule has 2 nitrogen and oxygen atoms in total. The highest BCUT2D eigenvalue weighted by Gasteiger charge is 2.31. The Bertz CT molecular complexity index is 213. The zero-order valence-corrected chi connectivity index (χ0v) is 10.0. The van der Waals surface area contributed by atoms with E-state index in [9.17, 15) is 26.3 Å². The van der Waals surface area contributed by atoms with Gasteiger partial charge in [-0.25, -0.2) is 0 Å². The third-order valence-electron chi connectivity index (χ3n) is 0.854. The van der Waals surface area contributed by atoms with E-state index in [2.05, 4.69) is 0 Å². The van der Waals surface area contributed by atoms with E-state index < -0.39 is 29.8 Å². The van der Waals surface area contributed by atoms with E-state index in [0.717, 1.165) is 0 Å². The number of alkyl halides is 6. The first-order valence-corrected chi connectivity index (χ1v) is 4.21. The second-order valence-electron chi connectivity index (χ2n) is 2.24. The maximum Gasteiger partial charge on any atom is 0.425 e. The summed E-state index contributed by atoms with van der Waals surface area (Å²) in [6.07, 6.45) is -8.95. The SMILES string of the molecule is NC(=[NH+]CC(F)(F)F)SCC(F)(F)F.[I-]. The summed E-state index contributed by atoms with van der Waals surface area (Å²) in [6, 6.07) is 0. The van der Waals surface area contributed by atoms with Crippen molar-refractivity contribution >= 4 is 16.9 Å². The molecule has 0 aliphatic carbocycles. The summed E-state index contributed by atoms with van der Waals surface area (Å²) < 4.78 is 69.2. The summed E-state index contributed by atoms with van der Waals surface area (Å²) >= 11 is 0.0824. The fourth-order valence-electron chi connectivity index (χ4n) is 0.398. The van der Waals surface area contributed by atoms with E-state index in [1.54, 1.807) is 4.99 Å². The minimum absolute atomic E-state index is 0. The van der Waals surface area contributed by atoms with Crippen LogP contribution in [0.3, 0.4) is 0 Å². The molecule has 3 N–H and O–H groups in total. The first kappa shape index (κ1) is 17.5. The van der Waals surface area contributed by atoms with Crippen LogP contribution in [0.2, 0.25) is 0 Å². The Morgan fingerprint density at radius 1 is 1.07 bits per heavy atom. The van der Waals surface area contributed by atoms with Crippen LogP contribution in [-0.2, 0) is 0 Å². The van der Waals surface area contributed by atoms with Gasteiger partial charge in [-0.15, -0.1) is 0 Å². The molecule has 0 aliphatic heterocycles. The smallest absolute Gasteiger partial charge is 0.425 e. The van der Waals surface area contributed by atoms with Crippen molar-refractivity contribution in [3.63, 3.8) is 0 Å². The molecule has 15 heavy (non-hydrogen) atoms. The van der Waals surface area contributed by atoms with Crippen molar-refractivity contribution in [2.45, 2.75) is 12.4 Å².